The lowest BCUT2D eigenvalue weighted by atomic mass is 10.1. The van der Waals surface area contributed by atoms with Crippen molar-refractivity contribution in [3.63, 3.8) is 0 Å². The molecule has 7 rings (SSSR count). The monoisotopic (exact) mass is 488 g/mol. The minimum absolute atomic E-state index is 0.612. The Morgan fingerprint density at radius 1 is 0.368 bits per heavy atom. The van der Waals surface area contributed by atoms with Crippen LogP contribution in [0.15, 0.2) is 122 Å². The van der Waals surface area contributed by atoms with Crippen LogP contribution in [-0.4, -0.2) is 29.9 Å². The van der Waals surface area contributed by atoms with Crippen LogP contribution in [0.3, 0.4) is 0 Å². The summed E-state index contributed by atoms with van der Waals surface area (Å²) in [5.41, 5.74) is 5.49. The third-order valence-corrected chi connectivity index (χ3v) is 6.42. The fraction of sp³-hybridized carbons (Fsp3) is 0. The zero-order chi connectivity index (χ0) is 25.3. The van der Waals surface area contributed by atoms with Crippen molar-refractivity contribution in [3.8, 4) is 45.6 Å². The fourth-order valence-electron chi connectivity index (χ4n) is 4.47. The van der Waals surface area contributed by atoms with E-state index in [1.54, 1.807) is 0 Å². The lowest BCUT2D eigenvalue weighted by molar-refractivity contribution is 1.07. The normalized spacial score (nSPS) is 11.2. The third kappa shape index (κ3) is 4.04. The van der Waals surface area contributed by atoms with Gasteiger partial charge in [0.05, 0.1) is 11.0 Å². The summed E-state index contributed by atoms with van der Waals surface area (Å²) in [5, 5.41) is 1.92. The second-order valence-electron chi connectivity index (χ2n) is 8.89. The Morgan fingerprint density at radius 2 is 0.842 bits per heavy atom. The molecular formula is C32H20N6. The van der Waals surface area contributed by atoms with Gasteiger partial charge in [-0.1, -0.05) is 103 Å². The van der Waals surface area contributed by atoms with Crippen molar-refractivity contribution in [2.75, 3.05) is 0 Å². The minimum Gasteiger partial charge on any atom is -0.255 e. The van der Waals surface area contributed by atoms with Gasteiger partial charge in [-0.3, -0.25) is 4.98 Å². The van der Waals surface area contributed by atoms with Crippen LogP contribution in [0.2, 0.25) is 0 Å². The van der Waals surface area contributed by atoms with Crippen LogP contribution in [0, 0.1) is 0 Å². The first-order valence-electron chi connectivity index (χ1n) is 12.3. The molecule has 0 fully saturated rings. The van der Waals surface area contributed by atoms with E-state index in [1.165, 1.54) is 0 Å². The molecule has 0 atom stereocenters. The van der Waals surface area contributed by atoms with E-state index in [4.69, 9.17) is 19.9 Å². The number of aromatic nitrogens is 6. The van der Waals surface area contributed by atoms with Gasteiger partial charge in [-0.2, -0.15) is 0 Å². The Labute approximate surface area is 218 Å². The Kier molecular flexibility index (Phi) is 5.33. The molecule has 0 aliphatic carbocycles. The molecule has 3 heterocycles. The van der Waals surface area contributed by atoms with Gasteiger partial charge in [-0.05, 0) is 6.07 Å². The summed E-state index contributed by atoms with van der Waals surface area (Å²) in [5.74, 6) is 2.54. The Hall–Kier alpha value is -5.36. The van der Waals surface area contributed by atoms with Gasteiger partial charge in [0.15, 0.2) is 23.3 Å². The first-order valence-corrected chi connectivity index (χ1v) is 12.3. The fourth-order valence-corrected chi connectivity index (χ4v) is 4.47. The van der Waals surface area contributed by atoms with Crippen molar-refractivity contribution in [2.24, 2.45) is 0 Å². The molecule has 4 aromatic carbocycles. The van der Waals surface area contributed by atoms with Gasteiger partial charge in [0, 0.05) is 45.4 Å². The average Bonchev–Trinajstić information content (AvgIpc) is 3.01. The van der Waals surface area contributed by atoms with E-state index in [0.717, 1.165) is 44.1 Å². The minimum atomic E-state index is 0.612. The highest BCUT2D eigenvalue weighted by Gasteiger charge is 2.13. The molecule has 0 saturated heterocycles. The van der Waals surface area contributed by atoms with Gasteiger partial charge in [0.2, 0.25) is 0 Å². The molecule has 6 nitrogen and oxygen atoms in total. The van der Waals surface area contributed by atoms with Crippen LogP contribution in [0.4, 0.5) is 0 Å². The summed E-state index contributed by atoms with van der Waals surface area (Å²) in [6.07, 6.45) is 3.65. The summed E-state index contributed by atoms with van der Waals surface area (Å²) in [7, 11) is 0. The molecule has 178 valence electrons. The number of hydrogen-bond donors (Lipinski definition) is 0. The lowest BCUT2D eigenvalue weighted by Gasteiger charge is -2.09. The van der Waals surface area contributed by atoms with Crippen LogP contribution >= 0.6 is 0 Å². The van der Waals surface area contributed by atoms with E-state index >= 15 is 0 Å². The molecule has 0 unspecified atom stereocenters. The van der Waals surface area contributed by atoms with Crippen LogP contribution < -0.4 is 0 Å². The zero-order valence-corrected chi connectivity index (χ0v) is 20.2. The molecule has 0 spiro atoms. The molecule has 0 aliphatic rings. The molecule has 0 radical (unpaired) electrons. The number of hydrogen-bond acceptors (Lipinski definition) is 6. The molecule has 0 amide bonds. The molecule has 38 heavy (non-hydrogen) atoms. The summed E-state index contributed by atoms with van der Waals surface area (Å²) in [6, 6.07) is 36.0. The van der Waals surface area contributed by atoms with Gasteiger partial charge in [-0.25, -0.2) is 24.9 Å². The predicted octanol–water partition coefficient (Wildman–Crippen LogP) is 7.03. The van der Waals surface area contributed by atoms with Crippen LogP contribution in [0.5, 0.6) is 0 Å². The molecule has 0 saturated carbocycles. The standard InChI is InChI=1S/C32H20N6/c1-3-9-21(10-4-1)30-36-31(22-11-5-2-6-12-22)38-32(37-30)24-17-15-23(16-18-24)29-34-20-25-19-33-27-14-8-7-13-26(27)28(25)35-29/h1-20H. The molecule has 0 bridgehead atoms. The van der Waals surface area contributed by atoms with E-state index in [0.29, 0.717) is 23.3 Å². The Morgan fingerprint density at radius 3 is 1.45 bits per heavy atom. The van der Waals surface area contributed by atoms with Crippen molar-refractivity contribution >= 4 is 21.8 Å². The van der Waals surface area contributed by atoms with Gasteiger partial charge in [-0.15, -0.1) is 0 Å². The highest BCUT2D eigenvalue weighted by molar-refractivity contribution is 6.02. The van der Waals surface area contributed by atoms with E-state index < -0.39 is 0 Å². The smallest absolute Gasteiger partial charge is 0.164 e. The SMILES string of the molecule is c1ccc(-c2nc(-c3ccccc3)nc(-c3ccc(-c4ncc5cnc6ccccc6c5n4)cc3)n2)cc1. The second kappa shape index (κ2) is 9.26. The van der Waals surface area contributed by atoms with E-state index in [-0.39, 0.29) is 0 Å². The average molecular weight is 489 g/mol. The van der Waals surface area contributed by atoms with Crippen LogP contribution in [0.25, 0.3) is 67.4 Å². The second-order valence-corrected chi connectivity index (χ2v) is 8.89. The Balaban J connectivity index is 1.30. The van der Waals surface area contributed by atoms with Crippen LogP contribution in [-0.2, 0) is 0 Å². The van der Waals surface area contributed by atoms with Crippen molar-refractivity contribution < 1.29 is 0 Å². The van der Waals surface area contributed by atoms with Gasteiger partial charge in [0.1, 0.15) is 0 Å². The summed E-state index contributed by atoms with van der Waals surface area (Å²) in [6.45, 7) is 0. The quantitative estimate of drug-likeness (QED) is 0.248. The maximum Gasteiger partial charge on any atom is 0.164 e. The number of nitrogens with zero attached hydrogens (tertiary/aromatic N) is 6. The van der Waals surface area contributed by atoms with Gasteiger partial charge < -0.3 is 0 Å². The van der Waals surface area contributed by atoms with E-state index in [2.05, 4.69) is 9.97 Å². The maximum absolute atomic E-state index is 4.89. The summed E-state index contributed by atoms with van der Waals surface area (Å²) >= 11 is 0. The third-order valence-electron chi connectivity index (χ3n) is 6.42. The molecule has 0 aliphatic heterocycles. The largest absolute Gasteiger partial charge is 0.255 e. The summed E-state index contributed by atoms with van der Waals surface area (Å²) in [4.78, 5) is 28.4. The Bertz CT molecular complexity index is 1850. The highest BCUT2D eigenvalue weighted by Crippen LogP contribution is 2.28. The van der Waals surface area contributed by atoms with Gasteiger partial charge in [0.25, 0.3) is 0 Å². The molecular weight excluding hydrogens is 468 g/mol. The number of fused-ring (bicyclic) bond motifs is 3. The zero-order valence-electron chi connectivity index (χ0n) is 20.2. The molecule has 6 heteroatoms. The van der Waals surface area contributed by atoms with E-state index in [9.17, 15) is 0 Å². The van der Waals surface area contributed by atoms with E-state index in [1.807, 2.05) is 122 Å². The van der Waals surface area contributed by atoms with Crippen molar-refractivity contribution in [3.05, 3.63) is 122 Å². The first kappa shape index (κ1) is 21.9. The predicted molar refractivity (Wildman–Crippen MR) is 150 cm³/mol. The molecule has 0 N–H and O–H groups in total. The number of benzene rings is 4. The maximum atomic E-state index is 4.89. The van der Waals surface area contributed by atoms with Crippen molar-refractivity contribution in [1.82, 2.24) is 29.9 Å². The van der Waals surface area contributed by atoms with Crippen molar-refractivity contribution in [1.29, 1.82) is 0 Å². The molecule has 7 aromatic rings. The topological polar surface area (TPSA) is 77.3 Å². The highest BCUT2D eigenvalue weighted by atomic mass is 15.0. The lowest BCUT2D eigenvalue weighted by Crippen LogP contribution is -2.00. The first-order chi connectivity index (χ1) is 18.8. The number of rotatable bonds is 4. The number of para-hydroxylation sites is 1. The number of pyridine rings is 1. The van der Waals surface area contributed by atoms with Crippen molar-refractivity contribution in [2.45, 2.75) is 0 Å². The van der Waals surface area contributed by atoms with Crippen LogP contribution in [0.1, 0.15) is 0 Å². The summed E-state index contributed by atoms with van der Waals surface area (Å²) < 4.78 is 0. The van der Waals surface area contributed by atoms with Gasteiger partial charge >= 0.3 is 0 Å². The molecule has 3 aromatic heterocycles.